The molecule has 1 aliphatic heterocycles. The second-order valence-corrected chi connectivity index (χ2v) is 14.3. The summed E-state index contributed by atoms with van der Waals surface area (Å²) < 4.78 is 0. The molecule has 9 nitrogen and oxygen atoms in total. The number of thioether (sulfide) groups is 2. The van der Waals surface area contributed by atoms with Crippen molar-refractivity contribution in [1.29, 1.82) is 0 Å². The Morgan fingerprint density at radius 1 is 1.15 bits per heavy atom. The number of phenolic OH excluding ortho intramolecular Hbond substituents is 1. The largest absolute Gasteiger partial charge is 0.507 e. The van der Waals surface area contributed by atoms with Gasteiger partial charge in [-0.25, -0.2) is 0 Å². The number of para-hydroxylation sites is 1. The molecule has 2 aliphatic rings. The van der Waals surface area contributed by atoms with Crippen LogP contribution in [-0.4, -0.2) is 62.1 Å². The van der Waals surface area contributed by atoms with E-state index < -0.39 is 16.9 Å². The van der Waals surface area contributed by atoms with Crippen LogP contribution in [0.3, 0.4) is 0 Å². The minimum atomic E-state index is -0.413. The molecule has 222 valence electrons. The Kier molecular flexibility index (Phi) is 11.0. The van der Waals surface area contributed by atoms with Gasteiger partial charge >= 0.3 is 0 Å². The molecule has 1 saturated heterocycles. The maximum atomic E-state index is 13.5. The Balaban J connectivity index is 1.55. The average Bonchev–Trinajstić information content (AvgIpc) is 3.33. The Labute approximate surface area is 250 Å². The minimum absolute atomic E-state index is 0.0346. The van der Waals surface area contributed by atoms with Gasteiger partial charge in [0.2, 0.25) is 5.91 Å². The first kappa shape index (κ1) is 31.2. The Morgan fingerprint density at radius 2 is 1.85 bits per heavy atom. The fraction of sp³-hybridized carbons (Fsp3) is 0.533. The molecule has 2 unspecified atom stereocenters. The summed E-state index contributed by atoms with van der Waals surface area (Å²) in [4.78, 5) is 37.1. The summed E-state index contributed by atoms with van der Waals surface area (Å²) in [5.41, 5.74) is 1.14. The molecule has 3 atom stereocenters. The Morgan fingerprint density at radius 3 is 2.49 bits per heavy atom. The lowest BCUT2D eigenvalue weighted by molar-refractivity contribution is -0.384. The lowest BCUT2D eigenvalue weighted by Gasteiger charge is -2.31. The molecule has 2 amide bonds. The van der Waals surface area contributed by atoms with Crippen molar-refractivity contribution in [1.82, 2.24) is 16.0 Å². The van der Waals surface area contributed by atoms with Gasteiger partial charge in [-0.05, 0) is 62.5 Å². The van der Waals surface area contributed by atoms with E-state index in [0.717, 1.165) is 11.3 Å². The van der Waals surface area contributed by atoms with E-state index >= 15 is 0 Å². The number of nitro benzene ring substituents is 1. The van der Waals surface area contributed by atoms with Crippen LogP contribution in [0.4, 0.5) is 5.69 Å². The normalized spacial score (nSPS) is 20.2. The molecule has 0 spiro atoms. The van der Waals surface area contributed by atoms with Gasteiger partial charge in [0, 0.05) is 29.7 Å². The SMILES string of the molecule is CC1(C)N[C@H](C(=O)NC(CNC(=O)c2ccccc2O)C(Cc2ccc([N+](=O)[O-])cc2)SCC2CCCCC2)CS1. The summed E-state index contributed by atoms with van der Waals surface area (Å²) in [5, 5.41) is 30.8. The van der Waals surface area contributed by atoms with Gasteiger partial charge in [-0.2, -0.15) is 11.8 Å². The van der Waals surface area contributed by atoms with Crippen molar-refractivity contribution < 1.29 is 19.6 Å². The highest BCUT2D eigenvalue weighted by atomic mass is 32.2. The van der Waals surface area contributed by atoms with Crippen LogP contribution in [0.1, 0.15) is 61.9 Å². The summed E-state index contributed by atoms with van der Waals surface area (Å²) >= 11 is 3.50. The van der Waals surface area contributed by atoms with Gasteiger partial charge in [0.05, 0.1) is 27.4 Å². The van der Waals surface area contributed by atoms with E-state index in [4.69, 9.17) is 0 Å². The quantitative estimate of drug-likeness (QED) is 0.200. The predicted molar refractivity (Wildman–Crippen MR) is 165 cm³/mol. The molecular weight excluding hydrogens is 560 g/mol. The van der Waals surface area contributed by atoms with Crippen LogP contribution in [0, 0.1) is 16.0 Å². The number of phenols is 1. The van der Waals surface area contributed by atoms with Crippen LogP contribution in [0.2, 0.25) is 0 Å². The Bertz CT molecular complexity index is 1200. The second kappa shape index (κ2) is 14.4. The lowest BCUT2D eigenvalue weighted by Crippen LogP contribution is -2.55. The molecule has 41 heavy (non-hydrogen) atoms. The number of amides is 2. The molecule has 1 heterocycles. The second-order valence-electron chi connectivity index (χ2n) is 11.4. The molecule has 4 rings (SSSR count). The van der Waals surface area contributed by atoms with E-state index in [9.17, 15) is 24.8 Å². The number of carbonyl (C=O) groups excluding carboxylic acids is 2. The van der Waals surface area contributed by atoms with Crippen LogP contribution in [0.25, 0.3) is 0 Å². The van der Waals surface area contributed by atoms with Crippen molar-refractivity contribution in [3.8, 4) is 5.75 Å². The van der Waals surface area contributed by atoms with E-state index in [0.29, 0.717) is 18.1 Å². The molecule has 0 aromatic heterocycles. The average molecular weight is 601 g/mol. The number of non-ortho nitro benzene ring substituents is 1. The first-order valence-electron chi connectivity index (χ1n) is 14.2. The first-order chi connectivity index (χ1) is 19.6. The van der Waals surface area contributed by atoms with Gasteiger partial charge in [0.25, 0.3) is 11.6 Å². The summed E-state index contributed by atoms with van der Waals surface area (Å²) in [6, 6.07) is 12.2. The zero-order valence-corrected chi connectivity index (χ0v) is 25.3. The highest BCUT2D eigenvalue weighted by Gasteiger charge is 2.37. The molecule has 0 radical (unpaired) electrons. The highest BCUT2D eigenvalue weighted by molar-refractivity contribution is 8.01. The molecule has 11 heteroatoms. The van der Waals surface area contributed by atoms with Crippen LogP contribution in [0.15, 0.2) is 48.5 Å². The number of carbonyl (C=O) groups is 2. The zero-order chi connectivity index (χ0) is 29.4. The topological polar surface area (TPSA) is 134 Å². The molecule has 1 aliphatic carbocycles. The molecule has 1 saturated carbocycles. The minimum Gasteiger partial charge on any atom is -0.507 e. The van der Waals surface area contributed by atoms with Gasteiger partial charge in [-0.3, -0.25) is 25.0 Å². The van der Waals surface area contributed by atoms with Gasteiger partial charge in [0.15, 0.2) is 0 Å². The molecule has 4 N–H and O–H groups in total. The van der Waals surface area contributed by atoms with Crippen molar-refractivity contribution in [2.24, 2.45) is 5.92 Å². The number of nitrogens with one attached hydrogen (secondary N) is 3. The number of hydrogen-bond acceptors (Lipinski definition) is 8. The van der Waals surface area contributed by atoms with Gasteiger partial charge in [-0.15, -0.1) is 11.8 Å². The van der Waals surface area contributed by atoms with Crippen LogP contribution >= 0.6 is 23.5 Å². The fourth-order valence-electron chi connectivity index (χ4n) is 5.37. The van der Waals surface area contributed by atoms with Crippen molar-refractivity contribution in [3.63, 3.8) is 0 Å². The number of nitrogens with zero attached hydrogens (tertiary/aromatic N) is 1. The number of aromatic hydroxyl groups is 1. The van der Waals surface area contributed by atoms with E-state index in [1.165, 1.54) is 50.3 Å². The maximum Gasteiger partial charge on any atom is 0.269 e. The standard InChI is InChI=1S/C30H40N4O5S2/c1-30(2)33-25(19-41-30)29(37)32-24(17-31-28(36)23-10-6-7-11-26(23)35)27(40-18-21-8-4-3-5-9-21)16-20-12-14-22(15-13-20)34(38)39/h6-7,10-15,21,24-25,27,33,35H,3-5,8-9,16-19H2,1-2H3,(H,31,36)(H,32,37)/t24?,25-,27?/m0/s1. The van der Waals surface area contributed by atoms with Crippen molar-refractivity contribution in [2.75, 3.05) is 18.1 Å². The van der Waals surface area contributed by atoms with E-state index in [-0.39, 0.29) is 45.6 Å². The van der Waals surface area contributed by atoms with Crippen molar-refractivity contribution in [2.45, 2.75) is 74.6 Å². The predicted octanol–water partition coefficient (Wildman–Crippen LogP) is 4.88. The van der Waals surface area contributed by atoms with Crippen LogP contribution in [-0.2, 0) is 11.2 Å². The summed E-state index contributed by atoms with van der Waals surface area (Å²) in [6.07, 6.45) is 6.69. The van der Waals surface area contributed by atoms with Crippen LogP contribution < -0.4 is 16.0 Å². The van der Waals surface area contributed by atoms with Crippen molar-refractivity contribution >= 4 is 41.0 Å². The zero-order valence-electron chi connectivity index (χ0n) is 23.6. The number of benzene rings is 2. The summed E-state index contributed by atoms with van der Waals surface area (Å²) in [6.45, 7) is 4.27. The van der Waals surface area contributed by atoms with Crippen molar-refractivity contribution in [3.05, 3.63) is 69.8 Å². The molecule has 2 fully saturated rings. The third-order valence-electron chi connectivity index (χ3n) is 7.71. The van der Waals surface area contributed by atoms with Gasteiger partial charge in [0.1, 0.15) is 5.75 Å². The molecule has 2 aromatic carbocycles. The molecular formula is C30H40N4O5S2. The van der Waals surface area contributed by atoms with E-state index in [1.807, 2.05) is 13.8 Å². The third-order valence-corrected chi connectivity index (χ3v) is 10.6. The maximum absolute atomic E-state index is 13.5. The molecule has 2 aromatic rings. The highest BCUT2D eigenvalue weighted by Crippen LogP contribution is 2.32. The number of hydrogen-bond donors (Lipinski definition) is 4. The van der Waals surface area contributed by atoms with E-state index in [2.05, 4.69) is 16.0 Å². The first-order valence-corrected chi connectivity index (χ1v) is 16.3. The fourth-order valence-corrected chi connectivity index (χ4v) is 7.98. The number of nitro groups is 1. The Hall–Kier alpha value is -2.76. The lowest BCUT2D eigenvalue weighted by atomic mass is 9.91. The monoisotopic (exact) mass is 600 g/mol. The number of rotatable bonds is 12. The summed E-state index contributed by atoms with van der Waals surface area (Å²) in [7, 11) is 0. The van der Waals surface area contributed by atoms with Gasteiger partial charge in [-0.1, -0.05) is 43.5 Å². The third kappa shape index (κ3) is 9.11. The summed E-state index contributed by atoms with van der Waals surface area (Å²) in [5.74, 6) is 1.57. The van der Waals surface area contributed by atoms with E-state index in [1.54, 1.807) is 53.9 Å². The molecule has 0 bridgehead atoms. The van der Waals surface area contributed by atoms with Gasteiger partial charge < -0.3 is 15.7 Å². The smallest absolute Gasteiger partial charge is 0.269 e. The van der Waals surface area contributed by atoms with Crippen LogP contribution in [0.5, 0.6) is 5.75 Å².